The molecular formula is C30H39O2Sn. The molecule has 175 valence electrons. The summed E-state index contributed by atoms with van der Waals surface area (Å²) in [4.78, 5) is 10.2. The predicted molar refractivity (Wildman–Crippen MR) is 143 cm³/mol. The molecule has 1 N–H and O–H groups in total. The number of unbranched alkanes of at least 4 members (excludes halogenated alkanes) is 8. The van der Waals surface area contributed by atoms with Gasteiger partial charge in [0.15, 0.2) is 0 Å². The summed E-state index contributed by atoms with van der Waals surface area (Å²) in [6, 6.07) is 32.9. The van der Waals surface area contributed by atoms with Crippen LogP contribution in [0.25, 0.3) is 0 Å². The molecule has 0 spiro atoms. The topological polar surface area (TPSA) is 37.3 Å². The first kappa shape index (κ1) is 27.2. The van der Waals surface area contributed by atoms with Crippen LogP contribution in [0.3, 0.4) is 0 Å². The zero-order chi connectivity index (χ0) is 23.6. The molecule has 1 radical (unpaired) electrons. The molecule has 3 aromatic carbocycles. The number of aliphatic carboxylic acids is 1. The fraction of sp³-hybridized carbons (Fsp3) is 0.367. The summed E-state index contributed by atoms with van der Waals surface area (Å²) < 4.78 is 4.59. The standard InChI is InChI=1S/C12H24O2.3C6H5.Sn/c1-2-3-4-5-6-7-8-9-10-11-12(13)14;3*1-2-4-6-5-3-1;/h2-11H2,1H3,(H,13,14);3*1-5H;. The van der Waals surface area contributed by atoms with Crippen LogP contribution in [0.2, 0.25) is 0 Å². The molecule has 3 aromatic rings. The average Bonchev–Trinajstić information content (AvgIpc) is 2.85. The van der Waals surface area contributed by atoms with Crippen molar-refractivity contribution in [3.05, 3.63) is 91.0 Å². The molecule has 2 nitrogen and oxygen atoms in total. The monoisotopic (exact) mass is 551 g/mol. The summed E-state index contributed by atoms with van der Waals surface area (Å²) in [7, 11) is 0. The van der Waals surface area contributed by atoms with Crippen LogP contribution in [0.4, 0.5) is 0 Å². The van der Waals surface area contributed by atoms with Gasteiger partial charge in [-0.3, -0.25) is 4.79 Å². The van der Waals surface area contributed by atoms with Crippen LogP contribution in [0.15, 0.2) is 91.0 Å². The van der Waals surface area contributed by atoms with Crippen molar-refractivity contribution in [1.29, 1.82) is 0 Å². The van der Waals surface area contributed by atoms with Gasteiger partial charge in [0, 0.05) is 6.42 Å². The van der Waals surface area contributed by atoms with Crippen LogP contribution in [-0.2, 0) is 4.79 Å². The minimum absolute atomic E-state index is 0.343. The van der Waals surface area contributed by atoms with Crippen LogP contribution >= 0.6 is 0 Å². The molecule has 0 unspecified atom stereocenters. The molecule has 0 amide bonds. The van der Waals surface area contributed by atoms with Gasteiger partial charge in [-0.15, -0.1) is 0 Å². The van der Waals surface area contributed by atoms with Gasteiger partial charge in [-0.05, 0) is 6.42 Å². The van der Waals surface area contributed by atoms with Crippen molar-refractivity contribution in [2.75, 3.05) is 0 Å². The molecule has 0 aliphatic rings. The summed E-state index contributed by atoms with van der Waals surface area (Å²) in [6.45, 7) is 2.23. The number of hydrogen-bond acceptors (Lipinski definition) is 1. The number of carboxylic acids is 1. The summed E-state index contributed by atoms with van der Waals surface area (Å²) in [5.74, 6) is -0.659. The fourth-order valence-corrected chi connectivity index (χ4v) is 11.3. The Morgan fingerprint density at radius 1 is 0.576 bits per heavy atom. The third-order valence-corrected chi connectivity index (χ3v) is 13.5. The molecule has 3 heteroatoms. The third-order valence-electron chi connectivity index (χ3n) is 5.68. The minimum atomic E-state index is -1.98. The second-order valence-corrected chi connectivity index (χ2v) is 15.5. The van der Waals surface area contributed by atoms with Gasteiger partial charge in [0.05, 0.1) is 0 Å². The molecule has 0 aliphatic carbocycles. The Hall–Kier alpha value is -2.07. The first-order chi connectivity index (χ1) is 16.2. The third kappa shape index (κ3) is 11.6. The Balaban J connectivity index is 0.000000248. The Morgan fingerprint density at radius 3 is 1.24 bits per heavy atom. The molecule has 0 aliphatic heterocycles. The molecule has 0 bridgehead atoms. The molecule has 0 heterocycles. The summed E-state index contributed by atoms with van der Waals surface area (Å²) in [5.41, 5.74) is 0. The van der Waals surface area contributed by atoms with Gasteiger partial charge < -0.3 is 5.11 Å². The van der Waals surface area contributed by atoms with Gasteiger partial charge in [-0.2, -0.15) is 0 Å². The van der Waals surface area contributed by atoms with E-state index in [4.69, 9.17) is 5.11 Å². The van der Waals surface area contributed by atoms with E-state index in [-0.39, 0.29) is 0 Å². The Bertz CT molecular complexity index is 772. The first-order valence-electron chi connectivity index (χ1n) is 12.5. The molecule has 0 aromatic heterocycles. The number of carbonyl (C=O) groups is 1. The van der Waals surface area contributed by atoms with Crippen molar-refractivity contribution in [3.8, 4) is 0 Å². The summed E-state index contributed by atoms with van der Waals surface area (Å²) in [5, 5.41) is 8.41. The van der Waals surface area contributed by atoms with Crippen molar-refractivity contribution in [1.82, 2.24) is 0 Å². The van der Waals surface area contributed by atoms with Crippen LogP contribution in [0, 0.1) is 0 Å². The van der Waals surface area contributed by atoms with Crippen LogP contribution in [0.1, 0.15) is 71.1 Å². The average molecular weight is 550 g/mol. The SMILES string of the molecule is CCCCCCCCCCCC(=O)O.c1cc[c]([Sn]([c]2ccccc2)[c]2ccccc2)cc1. The molecule has 0 fully saturated rings. The molecule has 3 rings (SSSR count). The fourth-order valence-electron chi connectivity index (χ4n) is 3.90. The van der Waals surface area contributed by atoms with Crippen molar-refractivity contribution in [2.24, 2.45) is 0 Å². The van der Waals surface area contributed by atoms with E-state index in [0.29, 0.717) is 6.42 Å². The second-order valence-electron chi connectivity index (χ2n) is 8.45. The van der Waals surface area contributed by atoms with Crippen LogP contribution in [-0.4, -0.2) is 30.8 Å². The normalized spacial score (nSPS) is 10.5. The molecule has 0 atom stereocenters. The van der Waals surface area contributed by atoms with E-state index in [1.165, 1.54) is 55.7 Å². The van der Waals surface area contributed by atoms with E-state index in [1.54, 1.807) is 0 Å². The number of hydrogen-bond donors (Lipinski definition) is 1. The van der Waals surface area contributed by atoms with Crippen molar-refractivity contribution < 1.29 is 9.90 Å². The molecular weight excluding hydrogens is 511 g/mol. The van der Waals surface area contributed by atoms with Gasteiger partial charge in [-0.25, -0.2) is 0 Å². The zero-order valence-electron chi connectivity index (χ0n) is 20.1. The van der Waals surface area contributed by atoms with E-state index in [1.807, 2.05) is 0 Å². The quantitative estimate of drug-likeness (QED) is 0.204. The Kier molecular flexibility index (Phi) is 14.3. The Labute approximate surface area is 207 Å². The van der Waals surface area contributed by atoms with Gasteiger partial charge in [0.1, 0.15) is 0 Å². The summed E-state index contributed by atoms with van der Waals surface area (Å²) >= 11 is -1.98. The van der Waals surface area contributed by atoms with Crippen LogP contribution in [0.5, 0.6) is 0 Å². The van der Waals surface area contributed by atoms with Gasteiger partial charge in [-0.1, -0.05) is 58.3 Å². The van der Waals surface area contributed by atoms with E-state index in [2.05, 4.69) is 97.9 Å². The van der Waals surface area contributed by atoms with Crippen molar-refractivity contribution >= 4 is 36.5 Å². The number of benzene rings is 3. The van der Waals surface area contributed by atoms with E-state index < -0.39 is 25.7 Å². The van der Waals surface area contributed by atoms with Crippen molar-refractivity contribution in [2.45, 2.75) is 71.1 Å². The second kappa shape index (κ2) is 17.4. The Morgan fingerprint density at radius 2 is 0.909 bits per heavy atom. The predicted octanol–water partition coefficient (Wildman–Crippen LogP) is 6.19. The van der Waals surface area contributed by atoms with Gasteiger partial charge in [0.2, 0.25) is 0 Å². The maximum absolute atomic E-state index is 10.2. The van der Waals surface area contributed by atoms with E-state index in [9.17, 15) is 4.79 Å². The van der Waals surface area contributed by atoms with Gasteiger partial charge in [0.25, 0.3) is 0 Å². The zero-order valence-corrected chi connectivity index (χ0v) is 22.9. The van der Waals surface area contributed by atoms with E-state index in [0.717, 1.165) is 12.8 Å². The maximum atomic E-state index is 10.2. The van der Waals surface area contributed by atoms with Gasteiger partial charge >= 0.3 is 127 Å². The molecule has 0 saturated carbocycles. The first-order valence-corrected chi connectivity index (χ1v) is 16.8. The van der Waals surface area contributed by atoms with Crippen LogP contribution < -0.4 is 10.7 Å². The molecule has 0 saturated heterocycles. The number of rotatable bonds is 13. The number of carboxylic acid groups (broad SMARTS) is 1. The van der Waals surface area contributed by atoms with Crippen molar-refractivity contribution in [3.63, 3.8) is 0 Å². The summed E-state index contributed by atoms with van der Waals surface area (Å²) in [6.07, 6.45) is 11.5. The molecule has 33 heavy (non-hydrogen) atoms. The van der Waals surface area contributed by atoms with E-state index >= 15 is 0 Å².